The Bertz CT molecular complexity index is 606. The average molecular weight is 364 g/mol. The molecule has 8 nitrogen and oxygen atoms in total. The Balaban J connectivity index is 2.72. The largest absolute Gasteiger partial charge is 0.391 e. The summed E-state index contributed by atoms with van der Waals surface area (Å²) < 4.78 is 0. The van der Waals surface area contributed by atoms with Gasteiger partial charge in [-0.2, -0.15) is 0 Å². The molecule has 0 saturated carbocycles. The number of carbonyl (C=O) groups is 3. The van der Waals surface area contributed by atoms with Crippen molar-refractivity contribution >= 4 is 17.6 Å². The summed E-state index contributed by atoms with van der Waals surface area (Å²) in [5.74, 6) is -1.47. The number of hydrogen-bond donors (Lipinski definition) is 5. The van der Waals surface area contributed by atoms with Crippen molar-refractivity contribution in [1.29, 1.82) is 0 Å². The SMILES string of the molecule is CC(=O)[C@H](CCN)NC(=O)[C@@H](NC(=O)[C@H](N)Cc1ccccc1)[C@H](C)O. The first-order valence-electron chi connectivity index (χ1n) is 8.55. The van der Waals surface area contributed by atoms with Crippen molar-refractivity contribution in [3.8, 4) is 0 Å². The lowest BCUT2D eigenvalue weighted by molar-refractivity contribution is -0.134. The van der Waals surface area contributed by atoms with Crippen LogP contribution in [0.2, 0.25) is 0 Å². The van der Waals surface area contributed by atoms with E-state index in [2.05, 4.69) is 10.6 Å². The van der Waals surface area contributed by atoms with Crippen molar-refractivity contribution < 1.29 is 19.5 Å². The molecule has 0 aliphatic heterocycles. The highest BCUT2D eigenvalue weighted by molar-refractivity contribution is 5.93. The third-order valence-electron chi connectivity index (χ3n) is 3.96. The second kappa shape index (κ2) is 10.6. The monoisotopic (exact) mass is 364 g/mol. The second-order valence-electron chi connectivity index (χ2n) is 6.27. The van der Waals surface area contributed by atoms with Crippen LogP contribution in [0.25, 0.3) is 0 Å². The third kappa shape index (κ3) is 6.91. The molecule has 0 spiro atoms. The van der Waals surface area contributed by atoms with Crippen LogP contribution in [0, 0.1) is 0 Å². The van der Waals surface area contributed by atoms with Gasteiger partial charge in [-0.05, 0) is 38.8 Å². The number of amides is 2. The van der Waals surface area contributed by atoms with Gasteiger partial charge in [-0.3, -0.25) is 14.4 Å². The Kier molecular flexibility index (Phi) is 8.91. The van der Waals surface area contributed by atoms with Crippen LogP contribution in [0.1, 0.15) is 25.8 Å². The van der Waals surface area contributed by atoms with Gasteiger partial charge in [0, 0.05) is 0 Å². The highest BCUT2D eigenvalue weighted by Crippen LogP contribution is 2.03. The van der Waals surface area contributed by atoms with Crippen LogP contribution in [0.15, 0.2) is 30.3 Å². The number of hydrogen-bond acceptors (Lipinski definition) is 6. The van der Waals surface area contributed by atoms with Gasteiger partial charge in [-0.25, -0.2) is 0 Å². The number of carbonyl (C=O) groups excluding carboxylic acids is 3. The first-order valence-corrected chi connectivity index (χ1v) is 8.55. The summed E-state index contributed by atoms with van der Waals surface area (Å²) >= 11 is 0. The molecule has 0 fully saturated rings. The number of rotatable bonds is 10. The van der Waals surface area contributed by atoms with E-state index in [9.17, 15) is 19.5 Å². The first kappa shape index (κ1) is 21.8. The normalized spacial score (nSPS) is 15.4. The number of nitrogens with one attached hydrogen (secondary N) is 2. The number of aliphatic hydroxyl groups excluding tert-OH is 1. The molecule has 0 aliphatic carbocycles. The molecule has 7 N–H and O–H groups in total. The van der Waals surface area contributed by atoms with E-state index in [4.69, 9.17) is 11.5 Å². The smallest absolute Gasteiger partial charge is 0.245 e. The van der Waals surface area contributed by atoms with Gasteiger partial charge < -0.3 is 27.2 Å². The van der Waals surface area contributed by atoms with Crippen LogP contribution < -0.4 is 22.1 Å². The molecule has 26 heavy (non-hydrogen) atoms. The maximum atomic E-state index is 12.4. The molecule has 1 aromatic carbocycles. The van der Waals surface area contributed by atoms with Gasteiger partial charge in [-0.1, -0.05) is 30.3 Å². The predicted molar refractivity (Wildman–Crippen MR) is 98.0 cm³/mol. The van der Waals surface area contributed by atoms with Crippen LogP contribution in [0.3, 0.4) is 0 Å². The van der Waals surface area contributed by atoms with Gasteiger partial charge in [0.1, 0.15) is 6.04 Å². The lowest BCUT2D eigenvalue weighted by Crippen LogP contribution is -2.58. The van der Waals surface area contributed by atoms with Crippen molar-refractivity contribution in [3.63, 3.8) is 0 Å². The number of Topliss-reactive ketones (excluding diaryl/α,β-unsaturated/α-hetero) is 1. The molecule has 0 aromatic heterocycles. The predicted octanol–water partition coefficient (Wildman–Crippen LogP) is -1.16. The van der Waals surface area contributed by atoms with Crippen LogP contribution in [-0.2, 0) is 20.8 Å². The fourth-order valence-electron chi connectivity index (χ4n) is 2.43. The Morgan fingerprint density at radius 3 is 2.23 bits per heavy atom. The molecule has 0 heterocycles. The number of ketones is 1. The van der Waals surface area contributed by atoms with E-state index in [0.717, 1.165) is 5.56 Å². The molecule has 144 valence electrons. The molecule has 0 saturated heterocycles. The summed E-state index contributed by atoms with van der Waals surface area (Å²) in [7, 11) is 0. The molecule has 2 amide bonds. The topological polar surface area (TPSA) is 148 Å². The summed E-state index contributed by atoms with van der Waals surface area (Å²) in [5, 5.41) is 14.8. The van der Waals surface area contributed by atoms with Crippen molar-refractivity contribution in [2.24, 2.45) is 11.5 Å². The van der Waals surface area contributed by atoms with Crippen LogP contribution in [0.5, 0.6) is 0 Å². The number of nitrogens with two attached hydrogens (primary N) is 2. The molecular weight excluding hydrogens is 336 g/mol. The van der Waals surface area contributed by atoms with E-state index in [1.807, 2.05) is 30.3 Å². The Labute approximate surface area is 153 Å². The summed E-state index contributed by atoms with van der Waals surface area (Å²) in [4.78, 5) is 36.2. The first-order chi connectivity index (χ1) is 12.3. The lowest BCUT2D eigenvalue weighted by atomic mass is 10.0. The van der Waals surface area contributed by atoms with E-state index in [1.54, 1.807) is 0 Å². The molecule has 1 rings (SSSR count). The number of benzene rings is 1. The highest BCUT2D eigenvalue weighted by atomic mass is 16.3. The second-order valence-corrected chi connectivity index (χ2v) is 6.27. The van der Waals surface area contributed by atoms with Gasteiger partial charge in [0.2, 0.25) is 11.8 Å². The molecule has 0 radical (unpaired) electrons. The van der Waals surface area contributed by atoms with Crippen molar-refractivity contribution in [2.75, 3.05) is 6.54 Å². The minimum Gasteiger partial charge on any atom is -0.391 e. The molecule has 0 aliphatic rings. The molecule has 8 heteroatoms. The fraction of sp³-hybridized carbons (Fsp3) is 0.500. The van der Waals surface area contributed by atoms with Crippen molar-refractivity contribution in [1.82, 2.24) is 10.6 Å². The van der Waals surface area contributed by atoms with E-state index < -0.39 is 36.0 Å². The highest BCUT2D eigenvalue weighted by Gasteiger charge is 2.29. The molecule has 4 atom stereocenters. The number of aliphatic hydroxyl groups is 1. The summed E-state index contributed by atoms with van der Waals surface area (Å²) in [6.45, 7) is 2.93. The quantitative estimate of drug-likeness (QED) is 0.354. The Morgan fingerprint density at radius 2 is 1.73 bits per heavy atom. The maximum absolute atomic E-state index is 12.4. The average Bonchev–Trinajstić information content (AvgIpc) is 2.59. The van der Waals surface area contributed by atoms with E-state index >= 15 is 0 Å². The van der Waals surface area contributed by atoms with Gasteiger partial charge in [0.25, 0.3) is 0 Å². The zero-order valence-electron chi connectivity index (χ0n) is 15.1. The molecular formula is C18H28N4O4. The minimum absolute atomic E-state index is 0.220. The van der Waals surface area contributed by atoms with Crippen LogP contribution in [-0.4, -0.2) is 53.5 Å². The third-order valence-corrected chi connectivity index (χ3v) is 3.96. The van der Waals surface area contributed by atoms with Gasteiger partial charge in [-0.15, -0.1) is 0 Å². The molecule has 0 bridgehead atoms. The summed E-state index contributed by atoms with van der Waals surface area (Å²) in [6.07, 6.45) is -0.590. The van der Waals surface area contributed by atoms with E-state index in [0.29, 0.717) is 6.42 Å². The Morgan fingerprint density at radius 1 is 1.12 bits per heavy atom. The maximum Gasteiger partial charge on any atom is 0.245 e. The lowest BCUT2D eigenvalue weighted by Gasteiger charge is -2.25. The zero-order chi connectivity index (χ0) is 19.7. The Hall–Kier alpha value is -2.29. The zero-order valence-corrected chi connectivity index (χ0v) is 15.1. The van der Waals surface area contributed by atoms with Gasteiger partial charge in [0.05, 0.1) is 18.2 Å². The minimum atomic E-state index is -1.22. The summed E-state index contributed by atoms with van der Waals surface area (Å²) in [5.41, 5.74) is 12.2. The van der Waals surface area contributed by atoms with Crippen molar-refractivity contribution in [3.05, 3.63) is 35.9 Å². The summed E-state index contributed by atoms with van der Waals surface area (Å²) in [6, 6.07) is 6.37. The molecule has 1 aromatic rings. The standard InChI is InChI=1S/C18H28N4O4/c1-11(23)15(8-9-19)21-18(26)16(12(2)24)22-17(25)14(20)10-13-6-4-3-5-7-13/h3-7,12,14-16,24H,8-10,19-20H2,1-2H3,(H,21,26)(H,22,25)/t12-,14+,15-,16-/m0/s1. The van der Waals surface area contributed by atoms with E-state index in [-0.39, 0.29) is 18.7 Å². The van der Waals surface area contributed by atoms with Gasteiger partial charge >= 0.3 is 0 Å². The molecule has 0 unspecified atom stereocenters. The van der Waals surface area contributed by atoms with E-state index in [1.165, 1.54) is 13.8 Å². The van der Waals surface area contributed by atoms with Crippen LogP contribution >= 0.6 is 0 Å². The fourth-order valence-corrected chi connectivity index (χ4v) is 2.43. The van der Waals surface area contributed by atoms with Gasteiger partial charge in [0.15, 0.2) is 5.78 Å². The van der Waals surface area contributed by atoms with Crippen molar-refractivity contribution in [2.45, 2.75) is 50.9 Å². The van der Waals surface area contributed by atoms with Crippen LogP contribution in [0.4, 0.5) is 0 Å².